The number of aromatic nitrogens is 1. The van der Waals surface area contributed by atoms with Crippen molar-refractivity contribution in [2.75, 3.05) is 0 Å². The Morgan fingerprint density at radius 1 is 1.12 bits per heavy atom. The lowest BCUT2D eigenvalue weighted by Gasteiger charge is -2.17. The van der Waals surface area contributed by atoms with Gasteiger partial charge in [-0.05, 0) is 67.2 Å². The molecule has 0 saturated heterocycles. The van der Waals surface area contributed by atoms with Crippen LogP contribution in [0.3, 0.4) is 0 Å². The quantitative estimate of drug-likeness (QED) is 0.421. The lowest BCUT2D eigenvalue weighted by Crippen LogP contribution is -2.05. The van der Waals surface area contributed by atoms with Crippen LogP contribution in [0.25, 0.3) is 11.1 Å². The summed E-state index contributed by atoms with van der Waals surface area (Å²) in [7, 11) is 0. The van der Waals surface area contributed by atoms with E-state index in [0.717, 1.165) is 23.1 Å². The zero-order valence-electron chi connectivity index (χ0n) is 18.9. The van der Waals surface area contributed by atoms with Crippen LogP contribution in [-0.4, -0.2) is 26.3 Å². The molecule has 1 atom stereocenters. The van der Waals surface area contributed by atoms with E-state index in [1.54, 1.807) is 43.6 Å². The Labute approximate surface area is 198 Å². The predicted octanol–water partition coefficient (Wildman–Crippen LogP) is 5.36. The smallest absolute Gasteiger partial charge is 0.331 e. The van der Waals surface area contributed by atoms with E-state index in [0.29, 0.717) is 47.5 Å². The van der Waals surface area contributed by atoms with Crippen molar-refractivity contribution in [3.8, 4) is 22.6 Å². The van der Waals surface area contributed by atoms with Gasteiger partial charge in [-0.25, -0.2) is 4.79 Å². The number of phenolic OH excluding ortho intramolecular Hbond substituents is 1. The van der Waals surface area contributed by atoms with Gasteiger partial charge in [0.15, 0.2) is 0 Å². The van der Waals surface area contributed by atoms with Crippen molar-refractivity contribution in [3.05, 3.63) is 101 Å². The lowest BCUT2D eigenvalue weighted by atomic mass is 9.94. The van der Waals surface area contributed by atoms with Crippen molar-refractivity contribution in [2.24, 2.45) is 0 Å². The van der Waals surface area contributed by atoms with Crippen molar-refractivity contribution >= 4 is 5.97 Å². The van der Waals surface area contributed by atoms with Crippen LogP contribution in [0.15, 0.2) is 84.2 Å². The molecule has 3 aromatic rings. The van der Waals surface area contributed by atoms with Crippen LogP contribution in [0.4, 0.5) is 0 Å². The van der Waals surface area contributed by atoms with Gasteiger partial charge in [0, 0.05) is 29.1 Å². The lowest BCUT2D eigenvalue weighted by molar-refractivity contribution is -0.132. The maximum atomic E-state index is 11.2. The summed E-state index contributed by atoms with van der Waals surface area (Å²) in [5.41, 5.74) is 5.13. The molecule has 1 aromatic heterocycles. The molecule has 6 nitrogen and oxygen atoms in total. The summed E-state index contributed by atoms with van der Waals surface area (Å²) in [5, 5.41) is 30.1. The molecular formula is C28H27NO5. The maximum Gasteiger partial charge on any atom is 0.331 e. The molecule has 4 rings (SSSR count). The summed E-state index contributed by atoms with van der Waals surface area (Å²) in [6.45, 7) is 1.90. The molecule has 1 aliphatic carbocycles. The van der Waals surface area contributed by atoms with E-state index in [-0.39, 0.29) is 5.75 Å². The van der Waals surface area contributed by atoms with E-state index in [1.165, 1.54) is 0 Å². The molecule has 0 bridgehead atoms. The molecule has 1 aliphatic rings. The highest BCUT2D eigenvalue weighted by Crippen LogP contribution is 2.42. The first-order valence-electron chi connectivity index (χ1n) is 11.2. The fraction of sp³-hybridized carbons (Fsp3) is 0.214. The number of hydrogen-bond donors (Lipinski definition) is 3. The summed E-state index contributed by atoms with van der Waals surface area (Å²) < 4.78 is 6.07. The summed E-state index contributed by atoms with van der Waals surface area (Å²) >= 11 is 0. The Hall–Kier alpha value is -3.90. The molecule has 0 spiro atoms. The second kappa shape index (κ2) is 10.4. The number of pyridine rings is 1. The molecule has 1 unspecified atom stereocenters. The highest BCUT2D eigenvalue weighted by molar-refractivity contribution is 5.87. The van der Waals surface area contributed by atoms with Gasteiger partial charge >= 0.3 is 5.97 Å². The number of carbonyl (C=O) groups is 1. The van der Waals surface area contributed by atoms with Crippen LogP contribution in [0, 0.1) is 0 Å². The van der Waals surface area contributed by atoms with E-state index in [1.807, 2.05) is 30.3 Å². The van der Waals surface area contributed by atoms with Crippen LogP contribution in [0.2, 0.25) is 0 Å². The van der Waals surface area contributed by atoms with Gasteiger partial charge in [0.2, 0.25) is 0 Å². The number of aliphatic hydroxyl groups is 1. The Morgan fingerprint density at radius 2 is 1.88 bits per heavy atom. The van der Waals surface area contributed by atoms with Crippen molar-refractivity contribution in [2.45, 2.75) is 38.9 Å². The topological polar surface area (TPSA) is 99.9 Å². The Morgan fingerprint density at radius 3 is 2.56 bits per heavy atom. The van der Waals surface area contributed by atoms with E-state index in [2.05, 4.69) is 11.1 Å². The van der Waals surface area contributed by atoms with E-state index in [9.17, 15) is 20.1 Å². The zero-order chi connectivity index (χ0) is 24.1. The minimum absolute atomic E-state index is 0.0228. The van der Waals surface area contributed by atoms with Gasteiger partial charge in [0.05, 0.1) is 11.7 Å². The number of carboxylic acid groups (broad SMARTS) is 1. The summed E-state index contributed by atoms with van der Waals surface area (Å²) in [4.78, 5) is 15.4. The van der Waals surface area contributed by atoms with Gasteiger partial charge in [-0.1, -0.05) is 36.4 Å². The Bertz CT molecular complexity index is 1230. The third-order valence-corrected chi connectivity index (χ3v) is 5.85. The number of hydrogen-bond acceptors (Lipinski definition) is 5. The van der Waals surface area contributed by atoms with Gasteiger partial charge in [-0.2, -0.15) is 0 Å². The minimum Gasteiger partial charge on any atom is -0.507 e. The summed E-state index contributed by atoms with van der Waals surface area (Å²) in [6.07, 6.45) is 8.34. The van der Waals surface area contributed by atoms with Gasteiger partial charge in [-0.15, -0.1) is 0 Å². The number of benzene rings is 2. The van der Waals surface area contributed by atoms with Crippen molar-refractivity contribution in [3.63, 3.8) is 0 Å². The average molecular weight is 458 g/mol. The fourth-order valence-corrected chi connectivity index (χ4v) is 4.05. The normalized spacial score (nSPS) is 14.2. The molecule has 2 aromatic carbocycles. The third-order valence-electron chi connectivity index (χ3n) is 5.85. The second-order valence-corrected chi connectivity index (χ2v) is 8.37. The average Bonchev–Trinajstić information content (AvgIpc) is 2.84. The number of aliphatic carboxylic acids is 1. The van der Waals surface area contributed by atoms with Crippen LogP contribution >= 0.6 is 0 Å². The number of phenols is 1. The second-order valence-electron chi connectivity index (χ2n) is 8.37. The molecule has 6 heteroatoms. The zero-order valence-corrected chi connectivity index (χ0v) is 18.9. The molecule has 174 valence electrons. The first kappa shape index (κ1) is 23.3. The van der Waals surface area contributed by atoms with Gasteiger partial charge in [-0.3, -0.25) is 4.98 Å². The monoisotopic (exact) mass is 457 g/mol. The SMILES string of the molecule is CC(O)c1ccc(OCc2ccc(CC3=CCCC(C(=O)O)=C3)cc2)c(-c2cccnc2)c1O. The molecule has 34 heavy (non-hydrogen) atoms. The Balaban J connectivity index is 1.49. The molecule has 0 aliphatic heterocycles. The molecule has 0 amide bonds. The predicted molar refractivity (Wildman–Crippen MR) is 129 cm³/mol. The number of rotatable bonds is 8. The van der Waals surface area contributed by atoms with Gasteiger partial charge < -0.3 is 20.1 Å². The number of nitrogens with zero attached hydrogens (tertiary/aromatic N) is 1. The summed E-state index contributed by atoms with van der Waals surface area (Å²) in [5.74, 6) is -0.376. The van der Waals surface area contributed by atoms with Crippen molar-refractivity contribution < 1.29 is 24.9 Å². The van der Waals surface area contributed by atoms with Crippen LogP contribution in [-0.2, 0) is 17.8 Å². The maximum absolute atomic E-state index is 11.2. The molecule has 0 saturated carbocycles. The van der Waals surface area contributed by atoms with Crippen molar-refractivity contribution in [1.29, 1.82) is 0 Å². The van der Waals surface area contributed by atoms with Crippen molar-refractivity contribution in [1.82, 2.24) is 4.98 Å². The third kappa shape index (κ3) is 5.35. The molecule has 1 heterocycles. The number of ether oxygens (including phenoxy) is 1. The van der Waals surface area contributed by atoms with Gasteiger partial charge in [0.25, 0.3) is 0 Å². The fourth-order valence-electron chi connectivity index (χ4n) is 4.05. The van der Waals surface area contributed by atoms with Crippen LogP contribution in [0.1, 0.15) is 42.6 Å². The molecule has 3 N–H and O–H groups in total. The number of aromatic hydroxyl groups is 1. The van der Waals surface area contributed by atoms with E-state index < -0.39 is 12.1 Å². The minimum atomic E-state index is -0.851. The molecular weight excluding hydrogens is 430 g/mol. The number of carboxylic acids is 1. The highest BCUT2D eigenvalue weighted by Gasteiger charge is 2.18. The standard InChI is InChI=1S/C28H27NO5/c1-18(30)24-11-12-25(26(27(24)31)23-6-3-13-29-16-23)34-17-20-9-7-19(8-10-20)14-21-4-2-5-22(15-21)28(32)33/h3-4,6-13,15-16,18,30-31H,2,5,14,17H2,1H3,(H,32,33). The molecule has 0 fully saturated rings. The summed E-state index contributed by atoms with van der Waals surface area (Å²) in [6, 6.07) is 15.0. The number of aliphatic hydroxyl groups excluding tert-OH is 1. The first-order valence-corrected chi connectivity index (χ1v) is 11.2. The van der Waals surface area contributed by atoms with E-state index >= 15 is 0 Å². The largest absolute Gasteiger partial charge is 0.507 e. The Kier molecular flexibility index (Phi) is 7.09. The molecule has 0 radical (unpaired) electrons. The highest BCUT2D eigenvalue weighted by atomic mass is 16.5. The van der Waals surface area contributed by atoms with Crippen LogP contribution in [0.5, 0.6) is 11.5 Å². The van der Waals surface area contributed by atoms with E-state index in [4.69, 9.17) is 4.74 Å². The number of allylic oxidation sites excluding steroid dienone is 3. The van der Waals surface area contributed by atoms with Crippen LogP contribution < -0.4 is 4.74 Å². The van der Waals surface area contributed by atoms with Gasteiger partial charge in [0.1, 0.15) is 18.1 Å². The first-order chi connectivity index (χ1) is 16.4.